The SMILES string of the molecule is C/N=C(Cl)\N=C(/C(O)C(C)C)N1CCOCC1. The lowest BCUT2D eigenvalue weighted by Gasteiger charge is -2.33. The Hall–Kier alpha value is -0.650. The van der Waals surface area contributed by atoms with Crippen LogP contribution in [0.4, 0.5) is 0 Å². The molecule has 1 fully saturated rings. The fourth-order valence-electron chi connectivity index (χ4n) is 1.56. The van der Waals surface area contributed by atoms with Crippen molar-refractivity contribution in [3.05, 3.63) is 0 Å². The molecule has 0 radical (unpaired) electrons. The molecule has 0 aromatic heterocycles. The topological polar surface area (TPSA) is 57.4 Å². The number of hydrogen-bond acceptors (Lipinski definition) is 3. The van der Waals surface area contributed by atoms with E-state index >= 15 is 0 Å². The number of ether oxygens (including phenoxy) is 1. The minimum absolute atomic E-state index is 0.0814. The first-order valence-corrected chi connectivity index (χ1v) is 6.15. The van der Waals surface area contributed by atoms with Crippen molar-refractivity contribution < 1.29 is 9.84 Å². The molecule has 1 saturated heterocycles. The largest absolute Gasteiger partial charge is 0.385 e. The second-order valence-electron chi connectivity index (χ2n) is 4.25. The molecule has 98 valence electrons. The number of aliphatic hydroxyl groups excluding tert-OH is 1. The normalized spacial score (nSPS) is 20.9. The molecule has 0 saturated carbocycles. The summed E-state index contributed by atoms with van der Waals surface area (Å²) in [5, 5.41) is 10.3. The van der Waals surface area contributed by atoms with Crippen molar-refractivity contribution in [2.75, 3.05) is 33.4 Å². The van der Waals surface area contributed by atoms with Gasteiger partial charge in [-0.2, -0.15) is 0 Å². The first-order valence-electron chi connectivity index (χ1n) is 5.78. The van der Waals surface area contributed by atoms with Crippen LogP contribution in [0.2, 0.25) is 0 Å². The van der Waals surface area contributed by atoms with E-state index in [1.54, 1.807) is 7.05 Å². The number of halogens is 1. The average molecular weight is 262 g/mol. The van der Waals surface area contributed by atoms with E-state index in [-0.39, 0.29) is 11.2 Å². The van der Waals surface area contributed by atoms with E-state index < -0.39 is 6.10 Å². The molecule has 0 aromatic carbocycles. The van der Waals surface area contributed by atoms with Gasteiger partial charge >= 0.3 is 0 Å². The molecule has 0 aromatic rings. The number of aliphatic hydroxyl groups is 1. The summed E-state index contributed by atoms with van der Waals surface area (Å²) in [6.45, 7) is 6.61. The molecule has 6 heteroatoms. The van der Waals surface area contributed by atoms with Crippen molar-refractivity contribution >= 4 is 22.7 Å². The Labute approximate surface area is 107 Å². The number of hydrogen-bond donors (Lipinski definition) is 1. The summed E-state index contributed by atoms with van der Waals surface area (Å²) in [5.74, 6) is 0.664. The molecular formula is C11H20ClN3O2. The fraction of sp³-hybridized carbons (Fsp3) is 0.818. The molecule has 1 aliphatic rings. The van der Waals surface area contributed by atoms with Crippen LogP contribution in [-0.2, 0) is 4.74 Å². The summed E-state index contributed by atoms with van der Waals surface area (Å²) in [5.41, 5.74) is 0. The lowest BCUT2D eigenvalue weighted by Crippen LogP contribution is -2.47. The Balaban J connectivity index is 2.88. The van der Waals surface area contributed by atoms with Gasteiger partial charge in [0.05, 0.1) is 13.2 Å². The molecule has 1 unspecified atom stereocenters. The maximum Gasteiger partial charge on any atom is 0.219 e. The van der Waals surface area contributed by atoms with Crippen LogP contribution in [0.15, 0.2) is 9.98 Å². The first kappa shape index (κ1) is 14.4. The number of aliphatic imine (C=N–C) groups is 2. The molecule has 1 rings (SSSR count). The van der Waals surface area contributed by atoms with Crippen LogP contribution >= 0.6 is 11.6 Å². The van der Waals surface area contributed by atoms with Gasteiger partial charge < -0.3 is 14.7 Å². The number of morpholine rings is 1. The van der Waals surface area contributed by atoms with Crippen LogP contribution in [0.1, 0.15) is 13.8 Å². The second-order valence-corrected chi connectivity index (χ2v) is 4.59. The standard InChI is InChI=1S/C11H20ClN3O2/c1-8(2)9(16)10(14-11(12)13-3)15-4-6-17-7-5-15/h8-9,16H,4-7H2,1-3H3/b13-11-,14-10+. The maximum atomic E-state index is 10.2. The monoisotopic (exact) mass is 261 g/mol. The number of amidine groups is 2. The Morgan fingerprint density at radius 3 is 2.41 bits per heavy atom. The van der Waals surface area contributed by atoms with Crippen LogP contribution in [0.25, 0.3) is 0 Å². The Kier molecular flexibility index (Phi) is 5.88. The average Bonchev–Trinajstić information content (AvgIpc) is 2.35. The third kappa shape index (κ3) is 4.26. The third-order valence-electron chi connectivity index (χ3n) is 2.62. The zero-order valence-corrected chi connectivity index (χ0v) is 11.3. The van der Waals surface area contributed by atoms with Gasteiger partial charge in [-0.1, -0.05) is 13.8 Å². The summed E-state index contributed by atoms with van der Waals surface area (Å²) in [6, 6.07) is 0. The zero-order chi connectivity index (χ0) is 12.8. The van der Waals surface area contributed by atoms with Gasteiger partial charge in [-0.05, 0) is 17.5 Å². The molecule has 5 nitrogen and oxygen atoms in total. The lowest BCUT2D eigenvalue weighted by atomic mass is 10.1. The molecule has 1 N–H and O–H groups in total. The predicted octanol–water partition coefficient (Wildman–Crippen LogP) is 0.959. The smallest absolute Gasteiger partial charge is 0.219 e. The van der Waals surface area contributed by atoms with Crippen LogP contribution in [0, 0.1) is 5.92 Å². The van der Waals surface area contributed by atoms with Gasteiger partial charge in [0.2, 0.25) is 5.29 Å². The molecule has 0 bridgehead atoms. The van der Waals surface area contributed by atoms with Crippen molar-refractivity contribution in [1.29, 1.82) is 0 Å². The van der Waals surface area contributed by atoms with Crippen LogP contribution in [0.3, 0.4) is 0 Å². The van der Waals surface area contributed by atoms with Crippen molar-refractivity contribution in [3.8, 4) is 0 Å². The number of nitrogens with zero attached hydrogens (tertiary/aromatic N) is 3. The van der Waals surface area contributed by atoms with Gasteiger partial charge in [-0.25, -0.2) is 4.99 Å². The van der Waals surface area contributed by atoms with Crippen molar-refractivity contribution in [2.24, 2.45) is 15.9 Å². The van der Waals surface area contributed by atoms with Gasteiger partial charge in [0.25, 0.3) is 0 Å². The highest BCUT2D eigenvalue weighted by atomic mass is 35.5. The predicted molar refractivity (Wildman–Crippen MR) is 69.9 cm³/mol. The highest BCUT2D eigenvalue weighted by Crippen LogP contribution is 2.10. The fourth-order valence-corrected chi connectivity index (χ4v) is 1.65. The van der Waals surface area contributed by atoms with Gasteiger partial charge in [0.1, 0.15) is 11.9 Å². The van der Waals surface area contributed by atoms with Gasteiger partial charge in [0.15, 0.2) is 0 Å². The molecule has 17 heavy (non-hydrogen) atoms. The molecule has 0 amide bonds. The van der Waals surface area contributed by atoms with E-state index in [0.717, 1.165) is 13.1 Å². The summed E-state index contributed by atoms with van der Waals surface area (Å²) in [7, 11) is 1.57. The van der Waals surface area contributed by atoms with E-state index in [0.29, 0.717) is 19.0 Å². The van der Waals surface area contributed by atoms with Gasteiger partial charge in [-0.15, -0.1) is 0 Å². The zero-order valence-electron chi connectivity index (χ0n) is 10.6. The van der Waals surface area contributed by atoms with Crippen LogP contribution in [0.5, 0.6) is 0 Å². The first-order chi connectivity index (χ1) is 8.06. The van der Waals surface area contributed by atoms with E-state index in [4.69, 9.17) is 16.3 Å². The summed E-state index contributed by atoms with van der Waals surface area (Å²) >= 11 is 5.82. The lowest BCUT2D eigenvalue weighted by molar-refractivity contribution is 0.0598. The summed E-state index contributed by atoms with van der Waals surface area (Å²) in [4.78, 5) is 9.98. The number of rotatable bonds is 2. The molecule has 1 aliphatic heterocycles. The summed E-state index contributed by atoms with van der Waals surface area (Å²) < 4.78 is 5.28. The van der Waals surface area contributed by atoms with Crippen LogP contribution in [-0.4, -0.2) is 60.6 Å². The van der Waals surface area contributed by atoms with Crippen molar-refractivity contribution in [3.63, 3.8) is 0 Å². The van der Waals surface area contributed by atoms with Crippen LogP contribution < -0.4 is 0 Å². The van der Waals surface area contributed by atoms with E-state index in [9.17, 15) is 5.11 Å². The highest BCUT2D eigenvalue weighted by molar-refractivity contribution is 6.65. The van der Waals surface area contributed by atoms with E-state index in [1.165, 1.54) is 0 Å². The highest BCUT2D eigenvalue weighted by Gasteiger charge is 2.24. The Morgan fingerprint density at radius 2 is 1.94 bits per heavy atom. The molecule has 0 spiro atoms. The summed E-state index contributed by atoms with van der Waals surface area (Å²) in [6.07, 6.45) is -0.636. The quantitative estimate of drug-likeness (QED) is 0.458. The maximum absolute atomic E-state index is 10.2. The second kappa shape index (κ2) is 6.93. The minimum atomic E-state index is -0.636. The van der Waals surface area contributed by atoms with E-state index in [1.807, 2.05) is 18.7 Å². The Bertz CT molecular complexity index is 299. The Morgan fingerprint density at radius 1 is 1.35 bits per heavy atom. The van der Waals surface area contributed by atoms with Gasteiger partial charge in [0, 0.05) is 20.1 Å². The molecule has 0 aliphatic carbocycles. The molecule has 1 heterocycles. The van der Waals surface area contributed by atoms with Crippen molar-refractivity contribution in [2.45, 2.75) is 20.0 Å². The minimum Gasteiger partial charge on any atom is -0.385 e. The molecular weight excluding hydrogens is 242 g/mol. The van der Waals surface area contributed by atoms with Gasteiger partial charge in [-0.3, -0.25) is 4.99 Å². The third-order valence-corrected chi connectivity index (χ3v) is 2.88. The molecule has 1 atom stereocenters. The van der Waals surface area contributed by atoms with Crippen molar-refractivity contribution in [1.82, 2.24) is 4.90 Å². The van der Waals surface area contributed by atoms with E-state index in [2.05, 4.69) is 9.98 Å².